The van der Waals surface area contributed by atoms with Gasteiger partial charge in [-0.3, -0.25) is 5.32 Å². The number of aromatic nitrogens is 3. The Hall–Kier alpha value is -2.51. The molecule has 1 aromatic heterocycles. The Morgan fingerprint density at radius 3 is 2.68 bits per heavy atom. The van der Waals surface area contributed by atoms with Crippen LogP contribution in [0.15, 0.2) is 54.9 Å². The molecule has 25 heavy (non-hydrogen) atoms. The van der Waals surface area contributed by atoms with Crippen LogP contribution in [0.1, 0.15) is 11.1 Å². The highest BCUT2D eigenvalue weighted by molar-refractivity contribution is 7.80. The maximum atomic E-state index is 12.9. The lowest BCUT2D eigenvalue weighted by Gasteiger charge is -2.08. The van der Waals surface area contributed by atoms with Gasteiger partial charge in [0, 0.05) is 11.6 Å². The molecule has 0 aliphatic rings. The molecule has 0 atom stereocenters. The van der Waals surface area contributed by atoms with Gasteiger partial charge in [0.1, 0.15) is 12.1 Å². The fraction of sp³-hybridized carbons (Fsp3) is 0.118. The van der Waals surface area contributed by atoms with Crippen molar-refractivity contribution < 1.29 is 4.39 Å². The van der Waals surface area contributed by atoms with Gasteiger partial charge in [-0.05, 0) is 41.5 Å². The van der Waals surface area contributed by atoms with Crippen molar-refractivity contribution in [1.29, 1.82) is 0 Å². The van der Waals surface area contributed by atoms with Crippen LogP contribution in [0.5, 0.6) is 0 Å². The summed E-state index contributed by atoms with van der Waals surface area (Å²) in [5.74, 6) is 0.126. The second-order valence-corrected chi connectivity index (χ2v) is 6.11. The minimum absolute atomic E-state index is 0.266. The van der Waals surface area contributed by atoms with Crippen LogP contribution < -0.4 is 10.6 Å². The van der Waals surface area contributed by atoms with E-state index in [1.54, 1.807) is 23.1 Å². The predicted molar refractivity (Wildman–Crippen MR) is 100 cm³/mol. The van der Waals surface area contributed by atoms with Gasteiger partial charge >= 0.3 is 0 Å². The molecule has 3 aromatic rings. The first-order valence-electron chi connectivity index (χ1n) is 7.52. The van der Waals surface area contributed by atoms with Gasteiger partial charge in [0.15, 0.2) is 5.11 Å². The number of rotatable bonds is 5. The summed E-state index contributed by atoms with van der Waals surface area (Å²) in [6.45, 7) is 0.997. The monoisotopic (exact) mass is 375 g/mol. The maximum absolute atomic E-state index is 12.9. The summed E-state index contributed by atoms with van der Waals surface area (Å²) in [4.78, 5) is 4.17. The van der Waals surface area contributed by atoms with E-state index in [-0.39, 0.29) is 5.82 Å². The van der Waals surface area contributed by atoms with Crippen molar-refractivity contribution in [3.05, 3.63) is 76.8 Å². The Labute approximate surface area is 154 Å². The summed E-state index contributed by atoms with van der Waals surface area (Å²) in [6.07, 6.45) is 1.61. The molecule has 0 aliphatic carbocycles. The van der Waals surface area contributed by atoms with E-state index in [1.165, 1.54) is 12.1 Å². The highest BCUT2D eigenvalue weighted by atomic mass is 35.5. The zero-order valence-electron chi connectivity index (χ0n) is 13.1. The molecule has 0 spiro atoms. The summed E-state index contributed by atoms with van der Waals surface area (Å²) >= 11 is 11.4. The SMILES string of the molecule is Fc1ccc(CNC(=S)Nc2ncn(Cc3ccccc3Cl)n2)cc1. The van der Waals surface area contributed by atoms with Crippen molar-refractivity contribution >= 4 is 34.9 Å². The normalized spacial score (nSPS) is 10.5. The first-order valence-corrected chi connectivity index (χ1v) is 8.31. The zero-order valence-corrected chi connectivity index (χ0v) is 14.7. The Morgan fingerprint density at radius 1 is 1.16 bits per heavy atom. The maximum Gasteiger partial charge on any atom is 0.248 e. The molecule has 0 amide bonds. The summed E-state index contributed by atoms with van der Waals surface area (Å²) in [7, 11) is 0. The summed E-state index contributed by atoms with van der Waals surface area (Å²) in [6, 6.07) is 13.8. The standard InChI is InChI=1S/C17H15ClFN5S/c18-15-4-2-1-3-13(15)10-24-11-21-16(23-24)22-17(25)20-9-12-5-7-14(19)8-6-12/h1-8,11H,9-10H2,(H2,20,22,23,25). The third-order valence-corrected chi connectivity index (χ3v) is 4.03. The molecule has 0 saturated heterocycles. The van der Waals surface area contributed by atoms with Crippen LogP contribution in [-0.2, 0) is 13.1 Å². The summed E-state index contributed by atoms with van der Waals surface area (Å²) in [5, 5.41) is 11.3. The molecule has 128 valence electrons. The topological polar surface area (TPSA) is 54.8 Å². The number of thiocarbonyl (C=S) groups is 1. The minimum Gasteiger partial charge on any atom is -0.358 e. The largest absolute Gasteiger partial charge is 0.358 e. The lowest BCUT2D eigenvalue weighted by molar-refractivity contribution is 0.627. The number of nitrogens with one attached hydrogen (secondary N) is 2. The number of benzene rings is 2. The Bertz CT molecular complexity index is 865. The molecule has 0 saturated carbocycles. The number of anilines is 1. The van der Waals surface area contributed by atoms with E-state index in [0.717, 1.165) is 11.1 Å². The van der Waals surface area contributed by atoms with E-state index < -0.39 is 0 Å². The summed E-state index contributed by atoms with van der Waals surface area (Å²) in [5.41, 5.74) is 1.88. The molecule has 5 nitrogen and oxygen atoms in total. The predicted octanol–water partition coefficient (Wildman–Crippen LogP) is 3.61. The molecule has 3 rings (SSSR count). The average Bonchev–Trinajstić information content (AvgIpc) is 3.03. The van der Waals surface area contributed by atoms with Gasteiger partial charge < -0.3 is 5.32 Å². The molecular weight excluding hydrogens is 361 g/mol. The van der Waals surface area contributed by atoms with Crippen LogP contribution in [-0.4, -0.2) is 19.9 Å². The van der Waals surface area contributed by atoms with E-state index in [0.29, 0.717) is 29.2 Å². The van der Waals surface area contributed by atoms with E-state index in [4.69, 9.17) is 23.8 Å². The molecule has 2 aromatic carbocycles. The van der Waals surface area contributed by atoms with Crippen LogP contribution in [0.3, 0.4) is 0 Å². The fourth-order valence-electron chi connectivity index (χ4n) is 2.16. The molecule has 0 bridgehead atoms. The van der Waals surface area contributed by atoms with E-state index in [2.05, 4.69) is 20.7 Å². The zero-order chi connectivity index (χ0) is 17.6. The van der Waals surface area contributed by atoms with Crippen molar-refractivity contribution in [1.82, 2.24) is 20.1 Å². The Balaban J connectivity index is 1.53. The molecular formula is C17H15ClFN5S. The van der Waals surface area contributed by atoms with Crippen LogP contribution in [0.2, 0.25) is 5.02 Å². The van der Waals surface area contributed by atoms with Crippen LogP contribution >= 0.6 is 23.8 Å². The lowest BCUT2D eigenvalue weighted by Crippen LogP contribution is -2.28. The van der Waals surface area contributed by atoms with Gasteiger partial charge in [-0.1, -0.05) is 41.9 Å². The molecule has 0 aliphatic heterocycles. The minimum atomic E-state index is -0.266. The van der Waals surface area contributed by atoms with Gasteiger partial charge in [-0.25, -0.2) is 14.1 Å². The van der Waals surface area contributed by atoms with E-state index in [1.807, 2.05) is 24.3 Å². The number of halogens is 2. The second kappa shape index (κ2) is 8.04. The van der Waals surface area contributed by atoms with Crippen molar-refractivity contribution in [2.45, 2.75) is 13.1 Å². The van der Waals surface area contributed by atoms with E-state index >= 15 is 0 Å². The van der Waals surface area contributed by atoms with Crippen LogP contribution in [0.25, 0.3) is 0 Å². The average molecular weight is 376 g/mol. The van der Waals surface area contributed by atoms with Gasteiger partial charge in [-0.15, -0.1) is 5.10 Å². The van der Waals surface area contributed by atoms with Gasteiger partial charge in [0.25, 0.3) is 0 Å². The smallest absolute Gasteiger partial charge is 0.248 e. The molecule has 2 N–H and O–H groups in total. The Morgan fingerprint density at radius 2 is 1.92 bits per heavy atom. The second-order valence-electron chi connectivity index (χ2n) is 5.29. The molecule has 1 heterocycles. The fourth-order valence-corrected chi connectivity index (χ4v) is 2.52. The van der Waals surface area contributed by atoms with E-state index in [9.17, 15) is 4.39 Å². The highest BCUT2D eigenvalue weighted by Crippen LogP contribution is 2.15. The first-order chi connectivity index (χ1) is 12.1. The number of hydrogen-bond acceptors (Lipinski definition) is 3. The van der Waals surface area contributed by atoms with Crippen molar-refractivity contribution in [3.8, 4) is 0 Å². The van der Waals surface area contributed by atoms with Gasteiger partial charge in [0.05, 0.1) is 6.54 Å². The third kappa shape index (κ3) is 4.98. The lowest BCUT2D eigenvalue weighted by atomic mass is 10.2. The van der Waals surface area contributed by atoms with Crippen LogP contribution in [0.4, 0.5) is 10.3 Å². The molecule has 0 fully saturated rings. The van der Waals surface area contributed by atoms with Gasteiger partial charge in [0.2, 0.25) is 5.95 Å². The molecule has 0 unspecified atom stereocenters. The Kier molecular flexibility index (Phi) is 5.57. The van der Waals surface area contributed by atoms with Crippen molar-refractivity contribution in [2.75, 3.05) is 5.32 Å². The van der Waals surface area contributed by atoms with Crippen molar-refractivity contribution in [2.24, 2.45) is 0 Å². The third-order valence-electron chi connectivity index (χ3n) is 3.42. The van der Waals surface area contributed by atoms with Crippen LogP contribution in [0, 0.1) is 5.82 Å². The first kappa shape index (κ1) is 17.3. The number of nitrogens with zero attached hydrogens (tertiary/aromatic N) is 3. The quantitative estimate of drug-likeness (QED) is 0.667. The number of hydrogen-bond donors (Lipinski definition) is 2. The molecule has 8 heteroatoms. The summed E-state index contributed by atoms with van der Waals surface area (Å²) < 4.78 is 14.5. The van der Waals surface area contributed by atoms with Gasteiger partial charge in [-0.2, -0.15) is 0 Å². The molecule has 0 radical (unpaired) electrons. The highest BCUT2D eigenvalue weighted by Gasteiger charge is 2.06. The van der Waals surface area contributed by atoms with Crippen molar-refractivity contribution in [3.63, 3.8) is 0 Å².